The van der Waals surface area contributed by atoms with Gasteiger partial charge in [-0.15, -0.1) is 0 Å². The maximum Gasteiger partial charge on any atom is 0.258 e. The van der Waals surface area contributed by atoms with Crippen LogP contribution in [0.1, 0.15) is 15.9 Å². The highest BCUT2D eigenvalue weighted by Gasteiger charge is 2.18. The highest BCUT2D eigenvalue weighted by Crippen LogP contribution is 2.26. The fourth-order valence-electron chi connectivity index (χ4n) is 2.86. The summed E-state index contributed by atoms with van der Waals surface area (Å²) in [5.41, 5.74) is 1.96. The lowest BCUT2D eigenvalue weighted by Crippen LogP contribution is -2.24. The fraction of sp³-hybridized carbons (Fsp3) is 0.0833. The predicted molar refractivity (Wildman–Crippen MR) is 116 cm³/mol. The number of benzene rings is 2. The minimum absolute atomic E-state index is 0.180. The number of methoxy groups -OCH3 is 1. The number of para-hydroxylation sites is 1. The van der Waals surface area contributed by atoms with Gasteiger partial charge in [0.25, 0.3) is 5.91 Å². The van der Waals surface area contributed by atoms with Crippen LogP contribution in [0.15, 0.2) is 85.3 Å². The fourth-order valence-corrected chi connectivity index (χ4v) is 2.86. The Balaban J connectivity index is 1.63. The lowest BCUT2D eigenvalue weighted by Gasteiger charge is -2.12. The highest BCUT2D eigenvalue weighted by atomic mass is 16.5. The van der Waals surface area contributed by atoms with E-state index in [2.05, 4.69) is 20.3 Å². The molecule has 0 aliphatic carbocycles. The van der Waals surface area contributed by atoms with Gasteiger partial charge in [-0.25, -0.2) is 4.98 Å². The first kappa shape index (κ1) is 20.0. The van der Waals surface area contributed by atoms with Crippen LogP contribution in [0, 0.1) is 0 Å². The number of aromatic nitrogens is 3. The number of ether oxygens (including phenoxy) is 2. The van der Waals surface area contributed by atoms with E-state index in [1.54, 1.807) is 31.6 Å². The molecule has 0 aliphatic rings. The minimum Gasteiger partial charge on any atom is -0.497 e. The van der Waals surface area contributed by atoms with E-state index in [1.807, 2.05) is 54.6 Å². The van der Waals surface area contributed by atoms with Gasteiger partial charge in [0.05, 0.1) is 7.11 Å². The second-order valence-electron chi connectivity index (χ2n) is 6.59. The van der Waals surface area contributed by atoms with E-state index in [9.17, 15) is 4.79 Å². The summed E-state index contributed by atoms with van der Waals surface area (Å²) in [5, 5.41) is 2.87. The largest absolute Gasteiger partial charge is 0.497 e. The zero-order chi connectivity index (χ0) is 21.5. The van der Waals surface area contributed by atoms with E-state index in [1.165, 1.54) is 6.20 Å². The summed E-state index contributed by atoms with van der Waals surface area (Å²) in [6.45, 7) is 0.354. The molecule has 0 aliphatic heterocycles. The molecule has 2 aromatic carbocycles. The molecule has 0 saturated heterocycles. The molecule has 2 heterocycles. The maximum absolute atomic E-state index is 12.9. The van der Waals surface area contributed by atoms with Crippen molar-refractivity contribution in [2.75, 3.05) is 7.11 Å². The van der Waals surface area contributed by atoms with Gasteiger partial charge in [-0.2, -0.15) is 4.98 Å². The molecular weight excluding hydrogens is 392 g/mol. The molecule has 0 bridgehead atoms. The summed E-state index contributed by atoms with van der Waals surface area (Å²) < 4.78 is 11.1. The molecule has 0 radical (unpaired) electrons. The SMILES string of the molecule is COc1ccc(-c2ncc(C(=O)NCc3ccncc3)c(Oc3ccccc3)n2)cc1. The summed E-state index contributed by atoms with van der Waals surface area (Å²) in [4.78, 5) is 25.7. The number of hydrogen-bond acceptors (Lipinski definition) is 6. The number of pyridine rings is 1. The molecule has 2 aromatic heterocycles. The molecule has 0 fully saturated rings. The van der Waals surface area contributed by atoms with Crippen molar-refractivity contribution in [3.63, 3.8) is 0 Å². The first-order valence-corrected chi connectivity index (χ1v) is 9.64. The molecule has 0 spiro atoms. The molecule has 0 saturated carbocycles. The first-order valence-electron chi connectivity index (χ1n) is 9.64. The van der Waals surface area contributed by atoms with Crippen molar-refractivity contribution in [3.05, 3.63) is 96.4 Å². The topological polar surface area (TPSA) is 86.2 Å². The van der Waals surface area contributed by atoms with E-state index >= 15 is 0 Å². The van der Waals surface area contributed by atoms with Crippen molar-refractivity contribution in [2.45, 2.75) is 6.54 Å². The second kappa shape index (κ2) is 9.49. The van der Waals surface area contributed by atoms with Crippen molar-refractivity contribution < 1.29 is 14.3 Å². The van der Waals surface area contributed by atoms with Crippen molar-refractivity contribution in [1.82, 2.24) is 20.3 Å². The van der Waals surface area contributed by atoms with Crippen LogP contribution in [-0.4, -0.2) is 28.0 Å². The van der Waals surface area contributed by atoms with Crippen LogP contribution in [0.4, 0.5) is 0 Å². The Morgan fingerprint density at radius 1 is 0.935 bits per heavy atom. The average molecular weight is 412 g/mol. The Hall–Kier alpha value is -4.26. The standard InChI is InChI=1S/C24H20N4O3/c1-30-19-9-7-18(8-10-19)22-26-16-21(23(29)27-15-17-11-13-25-14-12-17)24(28-22)31-20-5-3-2-4-6-20/h2-14,16H,15H2,1H3,(H,27,29). The van der Waals surface area contributed by atoms with Crippen LogP contribution in [-0.2, 0) is 6.54 Å². The molecule has 4 rings (SSSR count). The quantitative estimate of drug-likeness (QED) is 0.488. The third kappa shape index (κ3) is 5.02. The maximum atomic E-state index is 12.9. The highest BCUT2D eigenvalue weighted by molar-refractivity contribution is 5.96. The number of nitrogens with zero attached hydrogens (tertiary/aromatic N) is 3. The second-order valence-corrected chi connectivity index (χ2v) is 6.59. The first-order chi connectivity index (χ1) is 15.2. The monoisotopic (exact) mass is 412 g/mol. The van der Waals surface area contributed by atoms with Crippen molar-refractivity contribution in [1.29, 1.82) is 0 Å². The summed E-state index contributed by atoms with van der Waals surface area (Å²) in [6, 6.07) is 20.2. The summed E-state index contributed by atoms with van der Waals surface area (Å²) in [6.07, 6.45) is 4.84. The van der Waals surface area contributed by atoms with Gasteiger partial charge in [-0.05, 0) is 54.1 Å². The van der Waals surface area contributed by atoms with Crippen molar-refractivity contribution >= 4 is 5.91 Å². The van der Waals surface area contributed by atoms with Crippen LogP contribution >= 0.6 is 0 Å². The number of rotatable bonds is 7. The number of hydrogen-bond donors (Lipinski definition) is 1. The lowest BCUT2D eigenvalue weighted by molar-refractivity contribution is 0.0947. The van der Waals surface area contributed by atoms with Gasteiger partial charge in [0.2, 0.25) is 5.88 Å². The average Bonchev–Trinajstić information content (AvgIpc) is 2.84. The van der Waals surface area contributed by atoms with Gasteiger partial charge in [0.15, 0.2) is 5.82 Å². The van der Waals surface area contributed by atoms with E-state index < -0.39 is 0 Å². The van der Waals surface area contributed by atoms with Crippen molar-refractivity contribution in [3.8, 4) is 28.8 Å². The molecule has 154 valence electrons. The minimum atomic E-state index is -0.330. The lowest BCUT2D eigenvalue weighted by atomic mass is 10.2. The number of nitrogens with one attached hydrogen (secondary N) is 1. The smallest absolute Gasteiger partial charge is 0.258 e. The summed E-state index contributed by atoms with van der Waals surface area (Å²) in [5.74, 6) is 1.60. The molecular formula is C24H20N4O3. The third-order valence-electron chi connectivity index (χ3n) is 4.51. The summed E-state index contributed by atoms with van der Waals surface area (Å²) in [7, 11) is 1.61. The Morgan fingerprint density at radius 3 is 2.39 bits per heavy atom. The van der Waals surface area contributed by atoms with E-state index in [-0.39, 0.29) is 17.4 Å². The van der Waals surface area contributed by atoms with Gasteiger partial charge in [-0.1, -0.05) is 18.2 Å². The van der Waals surface area contributed by atoms with E-state index in [4.69, 9.17) is 9.47 Å². The molecule has 7 heteroatoms. The molecule has 31 heavy (non-hydrogen) atoms. The van der Waals surface area contributed by atoms with Gasteiger partial charge >= 0.3 is 0 Å². The molecule has 0 atom stereocenters. The third-order valence-corrected chi connectivity index (χ3v) is 4.51. The number of carbonyl (C=O) groups excluding carboxylic acids is 1. The zero-order valence-corrected chi connectivity index (χ0v) is 16.9. The Bertz CT molecular complexity index is 1150. The van der Waals surface area contributed by atoms with Gasteiger partial charge in [-0.3, -0.25) is 9.78 Å². The molecule has 7 nitrogen and oxygen atoms in total. The van der Waals surface area contributed by atoms with E-state index in [0.29, 0.717) is 18.1 Å². The Labute approximate surface area is 179 Å². The number of carbonyl (C=O) groups is 1. The van der Waals surface area contributed by atoms with Crippen LogP contribution in [0.5, 0.6) is 17.4 Å². The normalized spacial score (nSPS) is 10.4. The van der Waals surface area contributed by atoms with Crippen LogP contribution in [0.25, 0.3) is 11.4 Å². The van der Waals surface area contributed by atoms with Gasteiger partial charge < -0.3 is 14.8 Å². The van der Waals surface area contributed by atoms with Crippen molar-refractivity contribution in [2.24, 2.45) is 0 Å². The molecule has 0 unspecified atom stereocenters. The van der Waals surface area contributed by atoms with Gasteiger partial charge in [0.1, 0.15) is 17.1 Å². The Kier molecular flexibility index (Phi) is 6.13. The Morgan fingerprint density at radius 2 is 1.68 bits per heavy atom. The predicted octanol–water partition coefficient (Wildman–Crippen LogP) is 4.27. The number of amides is 1. The van der Waals surface area contributed by atoms with Crippen LogP contribution < -0.4 is 14.8 Å². The van der Waals surface area contributed by atoms with Crippen LogP contribution in [0.3, 0.4) is 0 Å². The van der Waals surface area contributed by atoms with Crippen LogP contribution in [0.2, 0.25) is 0 Å². The zero-order valence-electron chi connectivity index (χ0n) is 16.9. The van der Waals surface area contributed by atoms with Gasteiger partial charge in [0, 0.05) is 30.7 Å². The van der Waals surface area contributed by atoms with E-state index in [0.717, 1.165) is 16.9 Å². The molecule has 1 N–H and O–H groups in total. The summed E-state index contributed by atoms with van der Waals surface area (Å²) >= 11 is 0. The molecule has 1 amide bonds. The molecule has 4 aromatic rings.